The smallest absolute Gasteiger partial charge is 0.299 e. The fourth-order valence-corrected chi connectivity index (χ4v) is 4.46. The third kappa shape index (κ3) is 3.19. The minimum absolute atomic E-state index is 0.00569. The van der Waals surface area contributed by atoms with E-state index in [0.717, 1.165) is 23.4 Å². The summed E-state index contributed by atoms with van der Waals surface area (Å²) >= 11 is 0. The minimum atomic E-state index is -0.983. The third-order valence-corrected chi connectivity index (χ3v) is 6.19. The van der Waals surface area contributed by atoms with E-state index in [0.29, 0.717) is 36.1 Å². The second kappa shape index (κ2) is 7.51. The molecule has 2 N–H and O–H groups in total. The fraction of sp³-hybridized carbons (Fsp3) is 0.240. The number of ether oxygens (including phenoxy) is 1. The van der Waals surface area contributed by atoms with E-state index in [4.69, 9.17) is 4.74 Å². The largest absolute Gasteiger partial charge is 0.462 e. The Kier molecular flexibility index (Phi) is 4.55. The molecule has 7 nitrogen and oxygen atoms in total. The molecule has 0 unspecified atom stereocenters. The Hall–Kier alpha value is -4.01. The molecule has 3 aromatic heterocycles. The number of anilines is 1. The van der Waals surface area contributed by atoms with E-state index in [1.807, 2.05) is 42.8 Å². The van der Waals surface area contributed by atoms with Crippen LogP contribution in [0.15, 0.2) is 48.7 Å². The number of aromatic nitrogens is 5. The van der Waals surface area contributed by atoms with Crippen LogP contribution in [0.25, 0.3) is 33.5 Å². The van der Waals surface area contributed by atoms with Crippen molar-refractivity contribution in [3.05, 3.63) is 65.9 Å². The van der Waals surface area contributed by atoms with Crippen molar-refractivity contribution in [3.63, 3.8) is 0 Å². The lowest BCUT2D eigenvalue weighted by atomic mass is 10.1. The monoisotopic (exact) mass is 460 g/mol. The molecule has 0 aliphatic carbocycles. The summed E-state index contributed by atoms with van der Waals surface area (Å²) < 4.78 is 36.3. The maximum absolute atomic E-state index is 14.6. The predicted octanol–water partition coefficient (Wildman–Crippen LogP) is 5.03. The van der Waals surface area contributed by atoms with Gasteiger partial charge in [-0.1, -0.05) is 24.3 Å². The molecule has 0 saturated carbocycles. The van der Waals surface area contributed by atoms with Crippen LogP contribution in [0.1, 0.15) is 19.4 Å². The first-order valence-electron chi connectivity index (χ1n) is 11.1. The van der Waals surface area contributed by atoms with Gasteiger partial charge in [-0.2, -0.15) is 4.98 Å². The molecule has 2 aromatic carbocycles. The lowest BCUT2D eigenvalue weighted by molar-refractivity contribution is 0.268. The number of nitrogens with zero attached hydrogens (tertiary/aromatic N) is 4. The maximum Gasteiger partial charge on any atom is 0.299 e. The Morgan fingerprint density at radius 1 is 1.09 bits per heavy atom. The molecule has 0 atom stereocenters. The summed E-state index contributed by atoms with van der Waals surface area (Å²) in [6, 6.07) is 12.5. The maximum atomic E-state index is 14.6. The average Bonchev–Trinajstić information content (AvgIpc) is 3.49. The molecule has 0 amide bonds. The summed E-state index contributed by atoms with van der Waals surface area (Å²) in [7, 11) is 0. The van der Waals surface area contributed by atoms with Gasteiger partial charge < -0.3 is 15.0 Å². The van der Waals surface area contributed by atoms with Gasteiger partial charge in [0.2, 0.25) is 0 Å². The van der Waals surface area contributed by atoms with E-state index in [2.05, 4.69) is 31.3 Å². The molecule has 9 heteroatoms. The highest BCUT2D eigenvalue weighted by Gasteiger charge is 2.36. The molecule has 34 heavy (non-hydrogen) atoms. The van der Waals surface area contributed by atoms with Gasteiger partial charge in [0.25, 0.3) is 6.01 Å². The van der Waals surface area contributed by atoms with Crippen molar-refractivity contribution in [2.45, 2.75) is 25.8 Å². The summed E-state index contributed by atoms with van der Waals surface area (Å²) in [4.78, 5) is 17.0. The van der Waals surface area contributed by atoms with Crippen molar-refractivity contribution in [2.75, 3.05) is 18.5 Å². The summed E-state index contributed by atoms with van der Waals surface area (Å²) in [6.45, 7) is 5.03. The van der Waals surface area contributed by atoms with E-state index in [1.165, 1.54) is 17.7 Å². The number of imidazole rings is 1. The number of nitrogens with one attached hydrogen (secondary N) is 2. The highest BCUT2D eigenvalue weighted by atomic mass is 19.2. The van der Waals surface area contributed by atoms with Crippen LogP contribution in [0.5, 0.6) is 6.01 Å². The van der Waals surface area contributed by atoms with Crippen molar-refractivity contribution in [3.8, 4) is 17.4 Å². The summed E-state index contributed by atoms with van der Waals surface area (Å²) in [5, 5.41) is 4.50. The van der Waals surface area contributed by atoms with Gasteiger partial charge in [0.15, 0.2) is 34.4 Å². The van der Waals surface area contributed by atoms with Crippen LogP contribution in [0, 0.1) is 11.6 Å². The first kappa shape index (κ1) is 20.6. The number of para-hydroxylation sites is 1. The average molecular weight is 460 g/mol. The molecular formula is C25H22F2N6O. The summed E-state index contributed by atoms with van der Waals surface area (Å²) in [5.74, 6) is -1.39. The van der Waals surface area contributed by atoms with Crippen LogP contribution < -0.4 is 10.1 Å². The Morgan fingerprint density at radius 3 is 2.82 bits per heavy atom. The molecule has 0 spiro atoms. The Bertz CT molecular complexity index is 1550. The van der Waals surface area contributed by atoms with Gasteiger partial charge in [0, 0.05) is 23.6 Å². The van der Waals surface area contributed by atoms with Crippen LogP contribution in [-0.4, -0.2) is 37.7 Å². The number of hydrogen-bond donors (Lipinski definition) is 2. The third-order valence-electron chi connectivity index (χ3n) is 6.19. The number of benzene rings is 2. The Balaban J connectivity index is 1.42. The molecule has 0 fully saturated rings. The standard InChI is InChI=1S/C25H22F2N6O/c1-25(2)13-34-24-30-20-22(28-11-10-14-12-29-18-9-4-3-6-15(14)18)31-21(32-23(20)33(24)25)16-7-5-8-17(26)19(16)27/h3-9,12,29H,10-11,13H2,1-2H3,(H,28,31,32). The highest BCUT2D eigenvalue weighted by Crippen LogP contribution is 2.37. The lowest BCUT2D eigenvalue weighted by Gasteiger charge is -2.18. The summed E-state index contributed by atoms with van der Waals surface area (Å²) in [5.41, 5.74) is 2.89. The minimum Gasteiger partial charge on any atom is -0.462 e. The molecule has 1 aliphatic rings. The second-order valence-electron chi connectivity index (χ2n) is 9.04. The Labute approximate surface area is 193 Å². The van der Waals surface area contributed by atoms with Gasteiger partial charge in [-0.05, 0) is 44.0 Å². The van der Waals surface area contributed by atoms with Gasteiger partial charge in [0.1, 0.15) is 6.61 Å². The molecule has 1 aliphatic heterocycles. The van der Waals surface area contributed by atoms with Gasteiger partial charge >= 0.3 is 0 Å². The molecule has 172 valence electrons. The number of H-pyrrole nitrogens is 1. The summed E-state index contributed by atoms with van der Waals surface area (Å²) in [6.07, 6.45) is 2.73. The first-order valence-corrected chi connectivity index (χ1v) is 11.1. The van der Waals surface area contributed by atoms with Crippen molar-refractivity contribution in [2.24, 2.45) is 0 Å². The Morgan fingerprint density at radius 2 is 1.94 bits per heavy atom. The lowest BCUT2D eigenvalue weighted by Crippen LogP contribution is -2.26. The zero-order chi connectivity index (χ0) is 23.4. The number of halogens is 2. The SMILES string of the molecule is CC1(C)COc2nc3c(NCCc4c[nH]c5ccccc45)nc(-c4cccc(F)c4F)nc3n21. The molecular weight excluding hydrogens is 438 g/mol. The van der Waals surface area contributed by atoms with Crippen LogP contribution in [-0.2, 0) is 12.0 Å². The number of rotatable bonds is 5. The zero-order valence-electron chi connectivity index (χ0n) is 18.7. The van der Waals surface area contributed by atoms with E-state index < -0.39 is 17.2 Å². The quantitative estimate of drug-likeness (QED) is 0.384. The molecule has 0 saturated heterocycles. The molecule has 0 bridgehead atoms. The van der Waals surface area contributed by atoms with E-state index >= 15 is 0 Å². The van der Waals surface area contributed by atoms with E-state index in [1.54, 1.807) is 0 Å². The number of hydrogen-bond acceptors (Lipinski definition) is 5. The van der Waals surface area contributed by atoms with Crippen molar-refractivity contribution in [1.29, 1.82) is 0 Å². The second-order valence-corrected chi connectivity index (χ2v) is 9.04. The highest BCUT2D eigenvalue weighted by molar-refractivity contribution is 5.87. The van der Waals surface area contributed by atoms with Crippen molar-refractivity contribution in [1.82, 2.24) is 24.5 Å². The van der Waals surface area contributed by atoms with Gasteiger partial charge in [0.05, 0.1) is 11.1 Å². The van der Waals surface area contributed by atoms with Gasteiger partial charge in [-0.25, -0.2) is 18.7 Å². The molecule has 0 radical (unpaired) electrons. The van der Waals surface area contributed by atoms with E-state index in [9.17, 15) is 8.78 Å². The molecule has 6 rings (SSSR count). The topological polar surface area (TPSA) is 80.7 Å². The van der Waals surface area contributed by atoms with E-state index in [-0.39, 0.29) is 11.4 Å². The fourth-order valence-electron chi connectivity index (χ4n) is 4.46. The van der Waals surface area contributed by atoms with Gasteiger partial charge in [-0.3, -0.25) is 4.57 Å². The zero-order valence-corrected chi connectivity index (χ0v) is 18.7. The predicted molar refractivity (Wildman–Crippen MR) is 126 cm³/mol. The number of aromatic amines is 1. The van der Waals surface area contributed by atoms with Crippen LogP contribution in [0.4, 0.5) is 14.6 Å². The normalized spacial score (nSPS) is 14.5. The van der Waals surface area contributed by atoms with Crippen LogP contribution in [0.3, 0.4) is 0 Å². The first-order chi connectivity index (χ1) is 16.4. The van der Waals surface area contributed by atoms with Crippen molar-refractivity contribution < 1.29 is 13.5 Å². The molecule has 4 heterocycles. The van der Waals surface area contributed by atoms with Crippen molar-refractivity contribution >= 4 is 27.9 Å². The molecule has 5 aromatic rings. The van der Waals surface area contributed by atoms with Crippen LogP contribution in [0.2, 0.25) is 0 Å². The number of fused-ring (bicyclic) bond motifs is 4. The van der Waals surface area contributed by atoms with Gasteiger partial charge in [-0.15, -0.1) is 0 Å². The van der Waals surface area contributed by atoms with Crippen LogP contribution >= 0.6 is 0 Å².